The molecule has 22 heavy (non-hydrogen) atoms. The lowest BCUT2D eigenvalue weighted by atomic mass is 10.2. The largest absolute Gasteiger partial charge is 0.480 e. The van der Waals surface area contributed by atoms with Gasteiger partial charge < -0.3 is 14.8 Å². The van der Waals surface area contributed by atoms with Crippen LogP contribution in [-0.4, -0.2) is 42.3 Å². The van der Waals surface area contributed by atoms with Gasteiger partial charge in [-0.3, -0.25) is 0 Å². The van der Waals surface area contributed by atoms with Crippen molar-refractivity contribution in [3.8, 4) is 5.88 Å². The number of methoxy groups -OCH3 is 2. The molecule has 1 N–H and O–H groups in total. The van der Waals surface area contributed by atoms with Gasteiger partial charge >= 0.3 is 0 Å². The summed E-state index contributed by atoms with van der Waals surface area (Å²) in [5, 5.41) is 4.19. The van der Waals surface area contributed by atoms with Crippen molar-refractivity contribution in [3.63, 3.8) is 0 Å². The Kier molecular flexibility index (Phi) is 5.49. The maximum atomic E-state index is 5.42. The highest BCUT2D eigenvalue weighted by atomic mass is 16.5. The number of aromatic nitrogens is 3. The molecule has 0 atom stereocenters. The molecule has 2 aromatic heterocycles. The molecule has 0 radical (unpaired) electrons. The Bertz CT molecular complexity index is 644. The average molecular weight is 304 g/mol. The van der Waals surface area contributed by atoms with Gasteiger partial charge in [-0.15, -0.1) is 0 Å². The van der Waals surface area contributed by atoms with Crippen molar-refractivity contribution in [2.45, 2.75) is 33.1 Å². The van der Waals surface area contributed by atoms with E-state index in [1.807, 2.05) is 13.0 Å². The summed E-state index contributed by atoms with van der Waals surface area (Å²) in [6.45, 7) is 7.59. The molecule has 0 bridgehead atoms. The summed E-state index contributed by atoms with van der Waals surface area (Å²) in [4.78, 5) is 13.7. The van der Waals surface area contributed by atoms with E-state index in [4.69, 9.17) is 9.47 Å². The molecule has 0 fully saturated rings. The topological polar surface area (TPSA) is 69.2 Å². The molecule has 0 unspecified atom stereocenters. The van der Waals surface area contributed by atoms with Gasteiger partial charge in [-0.25, -0.2) is 15.0 Å². The van der Waals surface area contributed by atoms with Crippen LogP contribution in [-0.2, 0) is 4.74 Å². The Hall–Kier alpha value is -1.95. The Morgan fingerprint density at radius 1 is 1.18 bits per heavy atom. The Labute approximate surface area is 131 Å². The van der Waals surface area contributed by atoms with Crippen molar-refractivity contribution in [2.75, 3.05) is 32.7 Å². The van der Waals surface area contributed by atoms with Crippen LogP contribution in [0.25, 0.3) is 10.9 Å². The number of nitrogens with zero attached hydrogens (tertiary/aromatic N) is 3. The van der Waals surface area contributed by atoms with E-state index in [2.05, 4.69) is 34.1 Å². The van der Waals surface area contributed by atoms with Gasteiger partial charge in [-0.05, 0) is 19.4 Å². The number of pyridine rings is 1. The maximum Gasteiger partial charge on any atom is 0.226 e. The average Bonchev–Trinajstić information content (AvgIpc) is 2.49. The lowest BCUT2D eigenvalue weighted by Gasteiger charge is -2.14. The lowest BCUT2D eigenvalue weighted by molar-refractivity contribution is 0.198. The number of ether oxygens (including phenoxy) is 2. The predicted octanol–water partition coefficient (Wildman–Crippen LogP) is 2.91. The molecule has 120 valence electrons. The SMILES string of the molecule is COCCCNc1nc(C(C)C)nc2cc(C)nc(OC)c12. The normalized spacial score (nSPS) is 11.2. The molecule has 0 aliphatic rings. The second-order valence-electron chi connectivity index (χ2n) is 5.53. The zero-order valence-corrected chi connectivity index (χ0v) is 13.9. The summed E-state index contributed by atoms with van der Waals surface area (Å²) >= 11 is 0. The number of anilines is 1. The molecule has 0 aromatic carbocycles. The highest BCUT2D eigenvalue weighted by Gasteiger charge is 2.15. The Morgan fingerprint density at radius 3 is 2.59 bits per heavy atom. The van der Waals surface area contributed by atoms with Crippen LogP contribution in [0.3, 0.4) is 0 Å². The first-order valence-electron chi connectivity index (χ1n) is 7.53. The molecule has 0 saturated carbocycles. The molecular formula is C16H24N4O2. The molecule has 6 heteroatoms. The van der Waals surface area contributed by atoms with Crippen LogP contribution in [0, 0.1) is 6.92 Å². The van der Waals surface area contributed by atoms with E-state index >= 15 is 0 Å². The number of nitrogens with one attached hydrogen (secondary N) is 1. The molecule has 0 saturated heterocycles. The van der Waals surface area contributed by atoms with Crippen LogP contribution in [0.2, 0.25) is 0 Å². The van der Waals surface area contributed by atoms with E-state index in [1.54, 1.807) is 14.2 Å². The number of hydrogen-bond acceptors (Lipinski definition) is 6. The van der Waals surface area contributed by atoms with E-state index in [9.17, 15) is 0 Å². The van der Waals surface area contributed by atoms with Crippen molar-refractivity contribution >= 4 is 16.7 Å². The van der Waals surface area contributed by atoms with Gasteiger partial charge in [-0.2, -0.15) is 0 Å². The summed E-state index contributed by atoms with van der Waals surface area (Å²) in [6, 6.07) is 1.96. The lowest BCUT2D eigenvalue weighted by Crippen LogP contribution is -2.10. The van der Waals surface area contributed by atoms with Gasteiger partial charge in [0.05, 0.1) is 12.6 Å². The fourth-order valence-electron chi connectivity index (χ4n) is 2.21. The number of rotatable bonds is 7. The minimum Gasteiger partial charge on any atom is -0.480 e. The van der Waals surface area contributed by atoms with Gasteiger partial charge in [0, 0.05) is 31.9 Å². The number of hydrogen-bond donors (Lipinski definition) is 1. The smallest absolute Gasteiger partial charge is 0.226 e. The van der Waals surface area contributed by atoms with E-state index in [0.717, 1.165) is 41.2 Å². The van der Waals surface area contributed by atoms with E-state index in [-0.39, 0.29) is 5.92 Å². The first kappa shape index (κ1) is 16.4. The quantitative estimate of drug-likeness (QED) is 0.793. The first-order valence-corrected chi connectivity index (χ1v) is 7.53. The standard InChI is InChI=1S/C16H24N4O2/c1-10(2)14-19-12-9-11(3)18-16(22-5)13(12)15(20-14)17-7-6-8-21-4/h9-10H,6-8H2,1-5H3,(H,17,19,20). The van der Waals surface area contributed by atoms with E-state index in [0.29, 0.717) is 12.5 Å². The highest BCUT2D eigenvalue weighted by Crippen LogP contribution is 2.30. The molecule has 2 rings (SSSR count). The van der Waals surface area contributed by atoms with Gasteiger partial charge in [0.15, 0.2) is 0 Å². The molecule has 0 aliphatic heterocycles. The minimum atomic E-state index is 0.253. The van der Waals surface area contributed by atoms with Crippen LogP contribution >= 0.6 is 0 Å². The van der Waals surface area contributed by atoms with Gasteiger partial charge in [0.25, 0.3) is 0 Å². The third kappa shape index (κ3) is 3.62. The van der Waals surface area contributed by atoms with E-state index in [1.165, 1.54) is 0 Å². The second-order valence-corrected chi connectivity index (χ2v) is 5.53. The van der Waals surface area contributed by atoms with Gasteiger partial charge in [-0.1, -0.05) is 13.8 Å². The zero-order chi connectivity index (χ0) is 16.1. The monoisotopic (exact) mass is 304 g/mol. The summed E-state index contributed by atoms with van der Waals surface area (Å²) in [7, 11) is 3.32. The molecule has 2 aromatic rings. The molecule has 0 amide bonds. The van der Waals surface area contributed by atoms with Crippen molar-refractivity contribution < 1.29 is 9.47 Å². The third-order valence-electron chi connectivity index (χ3n) is 3.32. The Balaban J connectivity index is 2.49. The van der Waals surface area contributed by atoms with Crippen molar-refractivity contribution in [2.24, 2.45) is 0 Å². The maximum absolute atomic E-state index is 5.42. The van der Waals surface area contributed by atoms with E-state index < -0.39 is 0 Å². The molecule has 0 aliphatic carbocycles. The van der Waals surface area contributed by atoms with Crippen molar-refractivity contribution in [3.05, 3.63) is 17.6 Å². The first-order chi connectivity index (χ1) is 10.6. The molecule has 2 heterocycles. The summed E-state index contributed by atoms with van der Waals surface area (Å²) in [5.41, 5.74) is 1.74. The fraction of sp³-hybridized carbons (Fsp3) is 0.562. The fourth-order valence-corrected chi connectivity index (χ4v) is 2.21. The van der Waals surface area contributed by atoms with Crippen LogP contribution in [0.5, 0.6) is 5.88 Å². The van der Waals surface area contributed by atoms with Gasteiger partial charge in [0.1, 0.15) is 17.0 Å². The predicted molar refractivity (Wildman–Crippen MR) is 87.7 cm³/mol. The highest BCUT2D eigenvalue weighted by molar-refractivity contribution is 5.93. The van der Waals surface area contributed by atoms with Gasteiger partial charge in [0.2, 0.25) is 5.88 Å². The molecule has 6 nitrogen and oxygen atoms in total. The molecule has 0 spiro atoms. The van der Waals surface area contributed by atoms with Crippen molar-refractivity contribution in [1.29, 1.82) is 0 Å². The molecular weight excluding hydrogens is 280 g/mol. The van der Waals surface area contributed by atoms with Crippen LogP contribution < -0.4 is 10.1 Å². The van der Waals surface area contributed by atoms with Crippen LogP contribution in [0.4, 0.5) is 5.82 Å². The van der Waals surface area contributed by atoms with Crippen molar-refractivity contribution in [1.82, 2.24) is 15.0 Å². The summed E-state index contributed by atoms with van der Waals surface area (Å²) in [6.07, 6.45) is 0.903. The summed E-state index contributed by atoms with van der Waals surface area (Å²) in [5.74, 6) is 2.39. The second kappa shape index (κ2) is 7.35. The summed E-state index contributed by atoms with van der Waals surface area (Å²) < 4.78 is 10.5. The number of fused-ring (bicyclic) bond motifs is 1. The Morgan fingerprint density at radius 2 is 1.95 bits per heavy atom. The van der Waals surface area contributed by atoms with Crippen LogP contribution in [0.1, 0.15) is 37.7 Å². The minimum absolute atomic E-state index is 0.253. The number of aryl methyl sites for hydroxylation is 1. The van der Waals surface area contributed by atoms with Crippen LogP contribution in [0.15, 0.2) is 6.07 Å². The third-order valence-corrected chi connectivity index (χ3v) is 3.32. The zero-order valence-electron chi connectivity index (χ0n) is 13.9.